The molecule has 2 aromatic carbocycles. The van der Waals surface area contributed by atoms with Crippen LogP contribution < -0.4 is 5.73 Å². The van der Waals surface area contributed by atoms with Gasteiger partial charge < -0.3 is 20.7 Å². The van der Waals surface area contributed by atoms with Crippen LogP contribution >= 0.6 is 0 Å². The van der Waals surface area contributed by atoms with E-state index >= 15 is 0 Å². The van der Waals surface area contributed by atoms with Crippen molar-refractivity contribution in [3.8, 4) is 11.1 Å². The van der Waals surface area contributed by atoms with E-state index in [1.165, 1.54) is 0 Å². The van der Waals surface area contributed by atoms with E-state index in [0.29, 0.717) is 0 Å². The van der Waals surface area contributed by atoms with Crippen LogP contribution in [-0.4, -0.2) is 40.9 Å². The topological polar surface area (TPSA) is 110 Å². The zero-order valence-corrected chi connectivity index (χ0v) is 12.8. The molecule has 0 amide bonds. The third-order valence-electron chi connectivity index (χ3n) is 4.34. The minimum Gasteiger partial charge on any atom is -0.479 e. The lowest BCUT2D eigenvalue weighted by molar-refractivity contribution is -0.163. The number of benzene rings is 2. The van der Waals surface area contributed by atoms with E-state index in [-0.39, 0.29) is 12.5 Å². The van der Waals surface area contributed by atoms with Gasteiger partial charge in [-0.05, 0) is 22.3 Å². The summed E-state index contributed by atoms with van der Waals surface area (Å²) in [5.74, 6) is -2.97. The molecule has 0 radical (unpaired) electrons. The number of carboxylic acids is 1. The molecule has 24 heavy (non-hydrogen) atoms. The van der Waals surface area contributed by atoms with Crippen LogP contribution in [0.3, 0.4) is 0 Å². The number of aliphatic hydroxyl groups excluding tert-OH is 1. The van der Waals surface area contributed by atoms with Crippen LogP contribution in [0.5, 0.6) is 0 Å². The van der Waals surface area contributed by atoms with Crippen molar-refractivity contribution in [1.82, 2.24) is 0 Å². The van der Waals surface area contributed by atoms with Gasteiger partial charge in [0.1, 0.15) is 6.61 Å². The third kappa shape index (κ3) is 2.46. The average Bonchev–Trinajstić information content (AvgIpc) is 2.92. The fourth-order valence-electron chi connectivity index (χ4n) is 2.95. The molecule has 6 nitrogen and oxygen atoms in total. The van der Waals surface area contributed by atoms with E-state index < -0.39 is 24.1 Å². The van der Waals surface area contributed by atoms with Crippen LogP contribution in [0, 0.1) is 0 Å². The number of carbonyl (C=O) groups is 2. The highest BCUT2D eigenvalue weighted by Crippen LogP contribution is 2.44. The quantitative estimate of drug-likeness (QED) is 0.561. The van der Waals surface area contributed by atoms with Crippen LogP contribution in [0.2, 0.25) is 0 Å². The van der Waals surface area contributed by atoms with Crippen molar-refractivity contribution in [3.05, 3.63) is 59.7 Å². The molecule has 124 valence electrons. The Labute approximate surface area is 138 Å². The first-order valence-corrected chi connectivity index (χ1v) is 7.47. The summed E-state index contributed by atoms with van der Waals surface area (Å²) in [7, 11) is 0. The molecule has 6 heteroatoms. The van der Waals surface area contributed by atoms with E-state index in [0.717, 1.165) is 22.3 Å². The Morgan fingerprint density at radius 3 is 2.00 bits per heavy atom. The number of hydrogen-bond acceptors (Lipinski definition) is 5. The summed E-state index contributed by atoms with van der Waals surface area (Å²) >= 11 is 0. The third-order valence-corrected chi connectivity index (χ3v) is 4.34. The van der Waals surface area contributed by atoms with Crippen molar-refractivity contribution in [2.75, 3.05) is 13.2 Å². The van der Waals surface area contributed by atoms with Gasteiger partial charge in [-0.3, -0.25) is 0 Å². The summed E-state index contributed by atoms with van der Waals surface area (Å²) in [4.78, 5) is 23.1. The van der Waals surface area contributed by atoms with Crippen molar-refractivity contribution < 1.29 is 24.5 Å². The molecule has 1 aliphatic carbocycles. The second-order valence-corrected chi connectivity index (χ2v) is 5.76. The molecule has 0 aromatic heterocycles. The van der Waals surface area contributed by atoms with E-state index in [1.807, 2.05) is 48.5 Å². The van der Waals surface area contributed by atoms with Crippen molar-refractivity contribution in [2.45, 2.75) is 11.5 Å². The molecule has 0 spiro atoms. The van der Waals surface area contributed by atoms with Crippen LogP contribution in [0.1, 0.15) is 17.0 Å². The lowest BCUT2D eigenvalue weighted by Crippen LogP contribution is -2.58. The standard InChI is InChI=1S/C18H17NO5/c19-18(10-20,16(21)22)17(23)24-9-15-13-7-3-1-5-11(13)12-6-2-4-8-14(12)15/h1-8,15,20H,9-10,19H2,(H,21,22). The summed E-state index contributed by atoms with van der Waals surface area (Å²) in [6, 6.07) is 15.6. The van der Waals surface area contributed by atoms with E-state index in [9.17, 15) is 9.59 Å². The summed E-state index contributed by atoms with van der Waals surface area (Å²) < 4.78 is 5.15. The Kier molecular flexibility index (Phi) is 4.09. The summed E-state index contributed by atoms with van der Waals surface area (Å²) in [6.07, 6.45) is 0. The average molecular weight is 327 g/mol. The first-order valence-electron chi connectivity index (χ1n) is 7.47. The van der Waals surface area contributed by atoms with Crippen molar-refractivity contribution >= 4 is 11.9 Å². The van der Waals surface area contributed by atoms with Gasteiger partial charge in [-0.15, -0.1) is 0 Å². The van der Waals surface area contributed by atoms with Gasteiger partial charge in [-0.2, -0.15) is 0 Å². The summed E-state index contributed by atoms with van der Waals surface area (Å²) in [6.45, 7) is -1.07. The van der Waals surface area contributed by atoms with Crippen molar-refractivity contribution in [3.63, 3.8) is 0 Å². The van der Waals surface area contributed by atoms with Gasteiger partial charge in [0.15, 0.2) is 0 Å². The molecular formula is C18H17NO5. The molecule has 1 unspecified atom stereocenters. The number of carbonyl (C=O) groups excluding carboxylic acids is 1. The van der Waals surface area contributed by atoms with Crippen LogP contribution in [0.25, 0.3) is 11.1 Å². The van der Waals surface area contributed by atoms with Gasteiger partial charge in [0.25, 0.3) is 0 Å². The first-order chi connectivity index (χ1) is 11.5. The number of rotatable bonds is 5. The minimum absolute atomic E-state index is 0.0426. The molecule has 4 N–H and O–H groups in total. The normalized spacial score (nSPS) is 15.2. The number of fused-ring (bicyclic) bond motifs is 3. The Bertz CT molecular complexity index is 758. The fraction of sp³-hybridized carbons (Fsp3) is 0.222. The molecule has 1 aliphatic rings. The molecule has 0 bridgehead atoms. The summed E-state index contributed by atoms with van der Waals surface area (Å²) in [5, 5.41) is 18.2. The van der Waals surface area contributed by atoms with Gasteiger partial charge >= 0.3 is 11.9 Å². The fourth-order valence-corrected chi connectivity index (χ4v) is 2.95. The Hall–Kier alpha value is -2.70. The molecule has 0 saturated heterocycles. The van der Waals surface area contributed by atoms with E-state index in [1.54, 1.807) is 0 Å². The SMILES string of the molecule is NC(CO)(C(=O)O)C(=O)OCC1c2ccccc2-c2ccccc21. The van der Waals surface area contributed by atoms with E-state index in [4.69, 9.17) is 20.7 Å². The zero-order valence-electron chi connectivity index (χ0n) is 12.8. The highest BCUT2D eigenvalue weighted by molar-refractivity contribution is 6.04. The number of nitrogens with two attached hydrogens (primary N) is 1. The molecule has 3 rings (SSSR count). The van der Waals surface area contributed by atoms with Gasteiger partial charge in [0.05, 0.1) is 6.61 Å². The number of esters is 1. The van der Waals surface area contributed by atoms with E-state index in [2.05, 4.69) is 0 Å². The lowest BCUT2D eigenvalue weighted by atomic mass is 9.97. The number of aliphatic carboxylic acids is 1. The maximum atomic E-state index is 12.0. The Morgan fingerprint density at radius 1 is 1.04 bits per heavy atom. The minimum atomic E-state index is -2.45. The molecule has 1 atom stereocenters. The largest absolute Gasteiger partial charge is 0.479 e. The monoisotopic (exact) mass is 327 g/mol. The maximum absolute atomic E-state index is 12.0. The zero-order chi connectivity index (χ0) is 17.3. The predicted octanol–water partition coefficient (Wildman–Crippen LogP) is 1.12. The van der Waals surface area contributed by atoms with Crippen molar-refractivity contribution in [1.29, 1.82) is 0 Å². The van der Waals surface area contributed by atoms with Gasteiger partial charge in [-0.1, -0.05) is 48.5 Å². The second kappa shape index (κ2) is 6.07. The van der Waals surface area contributed by atoms with Crippen molar-refractivity contribution in [2.24, 2.45) is 5.73 Å². The Morgan fingerprint density at radius 2 is 1.54 bits per heavy atom. The number of carboxylic acid groups (broad SMARTS) is 1. The maximum Gasteiger partial charge on any atom is 0.340 e. The lowest BCUT2D eigenvalue weighted by Gasteiger charge is -2.22. The molecular weight excluding hydrogens is 310 g/mol. The molecule has 0 heterocycles. The Balaban J connectivity index is 1.86. The smallest absolute Gasteiger partial charge is 0.340 e. The summed E-state index contributed by atoms with van der Waals surface area (Å²) in [5.41, 5.74) is 7.13. The molecule has 0 aliphatic heterocycles. The first kappa shape index (κ1) is 16.2. The predicted molar refractivity (Wildman–Crippen MR) is 86.3 cm³/mol. The van der Waals surface area contributed by atoms with Crippen LogP contribution in [0.4, 0.5) is 0 Å². The van der Waals surface area contributed by atoms with Crippen LogP contribution in [-0.2, 0) is 14.3 Å². The van der Waals surface area contributed by atoms with Gasteiger partial charge in [-0.25, -0.2) is 9.59 Å². The molecule has 2 aromatic rings. The second-order valence-electron chi connectivity index (χ2n) is 5.76. The number of aliphatic hydroxyl groups is 1. The molecule has 0 saturated carbocycles. The number of hydrogen-bond donors (Lipinski definition) is 3. The highest BCUT2D eigenvalue weighted by atomic mass is 16.5. The highest BCUT2D eigenvalue weighted by Gasteiger charge is 2.44. The van der Waals surface area contributed by atoms with Gasteiger partial charge in [0.2, 0.25) is 5.54 Å². The van der Waals surface area contributed by atoms with Gasteiger partial charge in [0, 0.05) is 5.92 Å². The molecule has 0 fully saturated rings. The van der Waals surface area contributed by atoms with Crippen LogP contribution in [0.15, 0.2) is 48.5 Å². The number of ether oxygens (including phenoxy) is 1.